The maximum Gasteiger partial charge on any atom is 0.154 e. The average Bonchev–Trinajstić information content (AvgIpc) is 2.92. The van der Waals surface area contributed by atoms with E-state index in [1.807, 2.05) is 32.0 Å². The Balaban J connectivity index is 1.81. The topological polar surface area (TPSA) is 61.7 Å². The van der Waals surface area contributed by atoms with Gasteiger partial charge in [0.25, 0.3) is 0 Å². The van der Waals surface area contributed by atoms with Crippen LogP contribution in [0.3, 0.4) is 0 Å². The fraction of sp³-hybridized carbons (Fsp3) is 0.410. The number of allylic oxidation sites excluding steroid dienone is 4. The van der Waals surface area contributed by atoms with Crippen molar-refractivity contribution in [1.82, 2.24) is 4.98 Å². The van der Waals surface area contributed by atoms with Crippen molar-refractivity contribution in [3.8, 4) is 0 Å². The highest BCUT2D eigenvalue weighted by molar-refractivity contribution is 5.96. The number of nitrogens with one attached hydrogen (secondary N) is 2. The number of hydrogen-bond donors (Lipinski definition) is 2. The summed E-state index contributed by atoms with van der Waals surface area (Å²) < 4.78 is 0. The monoisotopic (exact) mass is 591 g/mol. The third-order valence-electron chi connectivity index (χ3n) is 7.54. The molecule has 44 heavy (non-hydrogen) atoms. The highest BCUT2D eigenvalue weighted by atomic mass is 15.0. The first-order valence-corrected chi connectivity index (χ1v) is 16.0. The van der Waals surface area contributed by atoms with Crippen LogP contribution < -0.4 is 10.6 Å². The molecule has 3 rings (SSSR count). The molecule has 0 radical (unpaired) electrons. The van der Waals surface area contributed by atoms with E-state index in [9.17, 15) is 0 Å². The molecule has 2 N–H and O–H groups in total. The number of aromatic nitrogens is 1. The highest BCUT2D eigenvalue weighted by Crippen LogP contribution is 2.34. The summed E-state index contributed by atoms with van der Waals surface area (Å²) in [5, 5.41) is 7.35. The molecule has 234 valence electrons. The van der Waals surface area contributed by atoms with Crippen LogP contribution in [0.25, 0.3) is 0 Å². The van der Waals surface area contributed by atoms with Crippen molar-refractivity contribution in [2.75, 3.05) is 10.6 Å². The lowest BCUT2D eigenvalue weighted by Crippen LogP contribution is -2.07. The lowest BCUT2D eigenvalue weighted by atomic mass is 9.92. The molecule has 0 aliphatic rings. The first-order valence-electron chi connectivity index (χ1n) is 16.0. The molecule has 5 heteroatoms. The zero-order valence-corrected chi connectivity index (χ0v) is 29.0. The minimum absolute atomic E-state index is 0.428. The van der Waals surface area contributed by atoms with Crippen LogP contribution >= 0.6 is 0 Å². The largest absolute Gasteiger partial charge is 0.359 e. The zero-order valence-electron chi connectivity index (χ0n) is 29.0. The molecule has 0 aliphatic heterocycles. The number of aliphatic imine (C=N–C) groups is 2. The van der Waals surface area contributed by atoms with Gasteiger partial charge in [-0.3, -0.25) is 0 Å². The van der Waals surface area contributed by atoms with Gasteiger partial charge in [-0.2, -0.15) is 0 Å². The van der Waals surface area contributed by atoms with Gasteiger partial charge in [0.15, 0.2) is 11.6 Å². The Morgan fingerprint density at radius 1 is 0.523 bits per heavy atom. The van der Waals surface area contributed by atoms with Gasteiger partial charge in [-0.05, 0) is 97.9 Å². The van der Waals surface area contributed by atoms with Crippen molar-refractivity contribution in [1.29, 1.82) is 0 Å². The predicted molar refractivity (Wildman–Crippen MR) is 194 cm³/mol. The SMILES string of the molecule is CC(/C=C(/C)Nc1c(C(C)C)cccc1C(C)C)=Nc1cccc(N=C(C)/C=C(/C)Nc2c(C(C)C)cccc2C(C)C)n1. The van der Waals surface area contributed by atoms with Crippen molar-refractivity contribution in [2.45, 2.75) is 107 Å². The van der Waals surface area contributed by atoms with E-state index in [1.165, 1.54) is 33.6 Å². The lowest BCUT2D eigenvalue weighted by Gasteiger charge is -2.21. The highest BCUT2D eigenvalue weighted by Gasteiger charge is 2.15. The van der Waals surface area contributed by atoms with E-state index in [0.29, 0.717) is 35.3 Å². The van der Waals surface area contributed by atoms with E-state index in [4.69, 9.17) is 15.0 Å². The van der Waals surface area contributed by atoms with Crippen LogP contribution in [0.5, 0.6) is 0 Å². The maximum absolute atomic E-state index is 4.78. The number of benzene rings is 2. The summed E-state index contributed by atoms with van der Waals surface area (Å²) in [5.74, 6) is 2.99. The fourth-order valence-corrected chi connectivity index (χ4v) is 5.45. The van der Waals surface area contributed by atoms with Gasteiger partial charge >= 0.3 is 0 Å². The Labute approximate surface area is 266 Å². The van der Waals surface area contributed by atoms with Gasteiger partial charge in [-0.25, -0.2) is 15.0 Å². The van der Waals surface area contributed by atoms with Crippen LogP contribution in [0.1, 0.15) is 129 Å². The average molecular weight is 592 g/mol. The second-order valence-corrected chi connectivity index (χ2v) is 13.0. The number of hydrogen-bond acceptors (Lipinski definition) is 5. The van der Waals surface area contributed by atoms with E-state index in [0.717, 1.165) is 22.8 Å². The third kappa shape index (κ3) is 9.51. The van der Waals surface area contributed by atoms with E-state index in [1.54, 1.807) is 0 Å². The summed E-state index contributed by atoms with van der Waals surface area (Å²) in [4.78, 5) is 14.3. The smallest absolute Gasteiger partial charge is 0.154 e. The van der Waals surface area contributed by atoms with Gasteiger partial charge in [0.05, 0.1) is 0 Å². The molecule has 0 spiro atoms. The molecular formula is C39H53N5. The summed E-state index contributed by atoms with van der Waals surface area (Å²) in [6, 6.07) is 19.0. The van der Waals surface area contributed by atoms with Crippen LogP contribution in [0.2, 0.25) is 0 Å². The summed E-state index contributed by atoms with van der Waals surface area (Å²) in [6.07, 6.45) is 4.14. The Hall–Kier alpha value is -3.99. The number of rotatable bonds is 12. The fourth-order valence-electron chi connectivity index (χ4n) is 5.45. The van der Waals surface area contributed by atoms with Gasteiger partial charge < -0.3 is 10.6 Å². The third-order valence-corrected chi connectivity index (χ3v) is 7.54. The van der Waals surface area contributed by atoms with Gasteiger partial charge in [0, 0.05) is 34.2 Å². The maximum atomic E-state index is 4.78. The molecule has 5 nitrogen and oxygen atoms in total. The van der Waals surface area contributed by atoms with E-state index in [2.05, 4.69) is 128 Å². The molecule has 0 atom stereocenters. The van der Waals surface area contributed by atoms with Crippen molar-refractivity contribution in [3.05, 3.63) is 100 Å². The Bertz CT molecular complexity index is 1390. The van der Waals surface area contributed by atoms with Crippen molar-refractivity contribution in [2.24, 2.45) is 9.98 Å². The standard InChI is InChI=1S/C39H53N5/c1-24(2)32-16-13-17-33(25(3)4)38(32)42-30(11)22-28(9)40-36-20-15-21-37(44-36)41-29(10)23-31(12)43-39-34(26(5)6)18-14-19-35(39)27(7)8/h13-27,42-43H,1-12H3/b30-22-,31-23-,40-28?,41-29?. The quantitative estimate of drug-likeness (QED) is 0.206. The number of nitrogens with zero attached hydrogens (tertiary/aromatic N) is 3. The molecule has 1 heterocycles. The lowest BCUT2D eigenvalue weighted by molar-refractivity contribution is 0.837. The molecule has 3 aromatic rings. The normalized spacial score (nSPS) is 13.5. The van der Waals surface area contributed by atoms with E-state index < -0.39 is 0 Å². The molecule has 0 amide bonds. The number of para-hydroxylation sites is 2. The summed E-state index contributed by atoms with van der Waals surface area (Å²) in [6.45, 7) is 26.1. The summed E-state index contributed by atoms with van der Waals surface area (Å²) in [7, 11) is 0. The molecule has 1 aromatic heterocycles. The van der Waals surface area contributed by atoms with Crippen LogP contribution in [0, 0.1) is 0 Å². The second-order valence-electron chi connectivity index (χ2n) is 13.0. The van der Waals surface area contributed by atoms with Gasteiger partial charge in [0.2, 0.25) is 0 Å². The molecule has 0 unspecified atom stereocenters. The van der Waals surface area contributed by atoms with Gasteiger partial charge in [-0.1, -0.05) is 97.9 Å². The second kappa shape index (κ2) is 15.7. The molecule has 0 saturated carbocycles. The minimum atomic E-state index is 0.428. The van der Waals surface area contributed by atoms with Crippen LogP contribution in [0.4, 0.5) is 23.0 Å². The Kier molecular flexibility index (Phi) is 12.3. The van der Waals surface area contributed by atoms with E-state index >= 15 is 0 Å². The van der Waals surface area contributed by atoms with Crippen molar-refractivity contribution in [3.63, 3.8) is 0 Å². The van der Waals surface area contributed by atoms with Crippen LogP contribution in [-0.2, 0) is 0 Å². The first-order chi connectivity index (χ1) is 20.8. The van der Waals surface area contributed by atoms with E-state index in [-0.39, 0.29) is 0 Å². The van der Waals surface area contributed by atoms with Crippen LogP contribution in [-0.4, -0.2) is 16.4 Å². The molecule has 0 saturated heterocycles. The Morgan fingerprint density at radius 3 is 1.11 bits per heavy atom. The first kappa shape index (κ1) is 34.5. The zero-order chi connectivity index (χ0) is 32.6. The van der Waals surface area contributed by atoms with Gasteiger partial charge in [-0.15, -0.1) is 0 Å². The van der Waals surface area contributed by atoms with Crippen molar-refractivity contribution >= 4 is 34.4 Å². The van der Waals surface area contributed by atoms with Crippen LogP contribution in [0.15, 0.2) is 88.1 Å². The molecule has 0 aliphatic carbocycles. The predicted octanol–water partition coefficient (Wildman–Crippen LogP) is 11.8. The Morgan fingerprint density at radius 2 is 0.818 bits per heavy atom. The number of pyridine rings is 1. The van der Waals surface area contributed by atoms with Crippen molar-refractivity contribution < 1.29 is 0 Å². The van der Waals surface area contributed by atoms with Gasteiger partial charge in [0.1, 0.15) is 0 Å². The molecule has 2 aromatic carbocycles. The summed E-state index contributed by atoms with van der Waals surface area (Å²) in [5.41, 5.74) is 11.5. The molecular weight excluding hydrogens is 538 g/mol. The minimum Gasteiger partial charge on any atom is -0.359 e. The number of anilines is 2. The molecule has 0 bridgehead atoms. The summed E-state index contributed by atoms with van der Waals surface area (Å²) >= 11 is 0. The molecule has 0 fully saturated rings.